The number of amides is 1. The molecule has 0 saturated carbocycles. The minimum Gasteiger partial charge on any atom is -0.348 e. The molecule has 2 aromatic carbocycles. The second-order valence-corrected chi connectivity index (χ2v) is 10.7. The molecular formula is C19H22N2O5S2. The summed E-state index contributed by atoms with van der Waals surface area (Å²) < 4.78 is 50.6. The highest BCUT2D eigenvalue weighted by atomic mass is 32.2. The zero-order valence-electron chi connectivity index (χ0n) is 15.4. The van der Waals surface area contributed by atoms with Gasteiger partial charge in [0.25, 0.3) is 15.9 Å². The molecule has 2 aromatic rings. The smallest absolute Gasteiger partial charge is 0.261 e. The normalized spacial score (nSPS) is 18.5. The van der Waals surface area contributed by atoms with Gasteiger partial charge in [0.05, 0.1) is 16.4 Å². The van der Waals surface area contributed by atoms with E-state index < -0.39 is 31.8 Å². The highest BCUT2D eigenvalue weighted by molar-refractivity contribution is 7.92. The fourth-order valence-corrected chi connectivity index (χ4v) is 5.74. The van der Waals surface area contributed by atoms with Gasteiger partial charge in [0.15, 0.2) is 9.84 Å². The average Bonchev–Trinajstić information content (AvgIpc) is 3.00. The van der Waals surface area contributed by atoms with E-state index in [0.29, 0.717) is 6.42 Å². The van der Waals surface area contributed by atoms with E-state index in [1.54, 1.807) is 30.3 Å². The number of carbonyl (C=O) groups excluding carboxylic acids is 1. The Morgan fingerprint density at radius 3 is 2.46 bits per heavy atom. The molecule has 1 atom stereocenters. The summed E-state index contributed by atoms with van der Waals surface area (Å²) in [6, 6.07) is 12.3. The van der Waals surface area contributed by atoms with Crippen molar-refractivity contribution in [2.75, 3.05) is 16.2 Å². The molecule has 0 aliphatic carbocycles. The fraction of sp³-hybridized carbons (Fsp3) is 0.316. The lowest BCUT2D eigenvalue weighted by molar-refractivity contribution is 0.0941. The van der Waals surface area contributed by atoms with Crippen LogP contribution in [0.5, 0.6) is 0 Å². The molecule has 0 bridgehead atoms. The van der Waals surface area contributed by atoms with Crippen LogP contribution in [-0.2, 0) is 26.3 Å². The molecule has 1 amide bonds. The summed E-state index contributed by atoms with van der Waals surface area (Å²) in [6.45, 7) is 1.99. The molecule has 0 radical (unpaired) electrons. The largest absolute Gasteiger partial charge is 0.348 e. The van der Waals surface area contributed by atoms with E-state index >= 15 is 0 Å². The number of rotatable bonds is 6. The lowest BCUT2D eigenvalue weighted by Crippen LogP contribution is -2.35. The van der Waals surface area contributed by atoms with Crippen LogP contribution in [0, 0.1) is 0 Å². The Balaban J connectivity index is 1.72. The van der Waals surface area contributed by atoms with Crippen LogP contribution >= 0.6 is 0 Å². The van der Waals surface area contributed by atoms with Gasteiger partial charge in [-0.15, -0.1) is 0 Å². The van der Waals surface area contributed by atoms with E-state index in [2.05, 4.69) is 10.0 Å². The van der Waals surface area contributed by atoms with Crippen LogP contribution in [0.25, 0.3) is 0 Å². The minimum absolute atomic E-state index is 0.0641. The van der Waals surface area contributed by atoms with Gasteiger partial charge in [0, 0.05) is 17.3 Å². The Morgan fingerprint density at radius 1 is 1.14 bits per heavy atom. The van der Waals surface area contributed by atoms with E-state index in [1.807, 2.05) is 6.92 Å². The monoisotopic (exact) mass is 422 g/mol. The van der Waals surface area contributed by atoms with Gasteiger partial charge in [-0.25, -0.2) is 16.8 Å². The zero-order chi connectivity index (χ0) is 20.4. The molecule has 1 fully saturated rings. The van der Waals surface area contributed by atoms with Crippen LogP contribution in [0.1, 0.15) is 29.3 Å². The fourth-order valence-electron chi connectivity index (χ4n) is 3.02. The third-order valence-corrected chi connectivity index (χ3v) is 7.75. The Hall–Kier alpha value is -2.39. The van der Waals surface area contributed by atoms with Gasteiger partial charge in [-0.3, -0.25) is 9.52 Å². The van der Waals surface area contributed by atoms with Crippen LogP contribution in [0.15, 0.2) is 53.4 Å². The number of aryl methyl sites for hydroxylation is 1. The Kier molecular flexibility index (Phi) is 5.76. The molecule has 1 aliphatic heterocycles. The molecule has 7 nitrogen and oxygen atoms in total. The van der Waals surface area contributed by atoms with Gasteiger partial charge in [-0.05, 0) is 48.7 Å². The van der Waals surface area contributed by atoms with Gasteiger partial charge in [-0.1, -0.05) is 25.1 Å². The number of carbonyl (C=O) groups is 1. The number of sulfone groups is 1. The van der Waals surface area contributed by atoms with Crippen LogP contribution in [0.4, 0.5) is 5.69 Å². The first-order valence-corrected chi connectivity index (χ1v) is 12.2. The van der Waals surface area contributed by atoms with Crippen molar-refractivity contribution in [3.8, 4) is 0 Å². The van der Waals surface area contributed by atoms with Crippen molar-refractivity contribution in [3.05, 3.63) is 59.7 Å². The van der Waals surface area contributed by atoms with Crippen LogP contribution in [0.2, 0.25) is 0 Å². The summed E-state index contributed by atoms with van der Waals surface area (Å²) in [7, 11) is -6.88. The van der Waals surface area contributed by atoms with Gasteiger partial charge in [-0.2, -0.15) is 0 Å². The van der Waals surface area contributed by atoms with Crippen molar-refractivity contribution in [3.63, 3.8) is 0 Å². The Morgan fingerprint density at radius 2 is 1.86 bits per heavy atom. The minimum atomic E-state index is -3.78. The van der Waals surface area contributed by atoms with E-state index in [-0.39, 0.29) is 27.7 Å². The average molecular weight is 423 g/mol. The molecule has 1 saturated heterocycles. The van der Waals surface area contributed by atoms with Gasteiger partial charge < -0.3 is 5.32 Å². The number of benzene rings is 2. The molecule has 1 heterocycles. The first kappa shape index (κ1) is 20.3. The molecule has 2 N–H and O–H groups in total. The number of anilines is 1. The summed E-state index contributed by atoms with van der Waals surface area (Å²) in [6.07, 6.45) is 1.20. The summed E-state index contributed by atoms with van der Waals surface area (Å²) in [5, 5.41) is 2.69. The number of nitrogens with one attached hydrogen (secondary N) is 2. The molecule has 9 heteroatoms. The highest BCUT2D eigenvalue weighted by Crippen LogP contribution is 2.19. The topological polar surface area (TPSA) is 109 Å². The van der Waals surface area contributed by atoms with Crippen molar-refractivity contribution in [2.45, 2.75) is 30.7 Å². The summed E-state index contributed by atoms with van der Waals surface area (Å²) >= 11 is 0. The van der Waals surface area contributed by atoms with Crippen LogP contribution < -0.4 is 10.0 Å². The van der Waals surface area contributed by atoms with Crippen LogP contribution in [-0.4, -0.2) is 40.3 Å². The first-order chi connectivity index (χ1) is 13.2. The van der Waals surface area contributed by atoms with E-state index in [0.717, 1.165) is 12.0 Å². The van der Waals surface area contributed by atoms with E-state index in [1.165, 1.54) is 18.2 Å². The van der Waals surface area contributed by atoms with Gasteiger partial charge in [0.1, 0.15) is 0 Å². The maximum absolute atomic E-state index is 12.6. The van der Waals surface area contributed by atoms with Gasteiger partial charge in [0.2, 0.25) is 0 Å². The molecule has 0 spiro atoms. The number of hydrogen-bond acceptors (Lipinski definition) is 5. The SMILES string of the molecule is CCc1ccc(S(=O)(=O)Nc2cccc(C(=O)N[C@@H]3CCS(=O)(=O)C3)c2)cc1. The third-order valence-electron chi connectivity index (χ3n) is 4.59. The molecular weight excluding hydrogens is 400 g/mol. The lowest BCUT2D eigenvalue weighted by atomic mass is 10.1. The van der Waals surface area contributed by atoms with Crippen molar-refractivity contribution >= 4 is 31.5 Å². The maximum atomic E-state index is 12.6. The molecule has 0 aromatic heterocycles. The second kappa shape index (κ2) is 7.92. The second-order valence-electron chi connectivity index (χ2n) is 6.76. The molecule has 0 unspecified atom stereocenters. The van der Waals surface area contributed by atoms with Crippen molar-refractivity contribution in [1.82, 2.24) is 5.32 Å². The van der Waals surface area contributed by atoms with Crippen molar-refractivity contribution in [2.24, 2.45) is 0 Å². The Labute approximate surface area is 165 Å². The predicted molar refractivity (Wildman–Crippen MR) is 108 cm³/mol. The Bertz CT molecular complexity index is 1080. The zero-order valence-corrected chi connectivity index (χ0v) is 17.0. The van der Waals surface area contributed by atoms with E-state index in [4.69, 9.17) is 0 Å². The van der Waals surface area contributed by atoms with Crippen molar-refractivity contribution < 1.29 is 21.6 Å². The first-order valence-electron chi connectivity index (χ1n) is 8.91. The summed E-state index contributed by atoms with van der Waals surface area (Å²) in [5.41, 5.74) is 1.55. The van der Waals surface area contributed by atoms with Crippen LogP contribution in [0.3, 0.4) is 0 Å². The maximum Gasteiger partial charge on any atom is 0.261 e. The highest BCUT2D eigenvalue weighted by Gasteiger charge is 2.29. The quantitative estimate of drug-likeness (QED) is 0.740. The number of hydrogen-bond donors (Lipinski definition) is 2. The third kappa shape index (κ3) is 4.90. The molecule has 150 valence electrons. The summed E-state index contributed by atoms with van der Waals surface area (Å²) in [5.74, 6) is -0.441. The number of sulfonamides is 1. The van der Waals surface area contributed by atoms with Gasteiger partial charge >= 0.3 is 0 Å². The van der Waals surface area contributed by atoms with Crippen molar-refractivity contribution in [1.29, 1.82) is 0 Å². The molecule has 1 aliphatic rings. The lowest BCUT2D eigenvalue weighted by Gasteiger charge is -2.12. The molecule has 28 heavy (non-hydrogen) atoms. The summed E-state index contributed by atoms with van der Waals surface area (Å²) in [4.78, 5) is 12.5. The standard InChI is InChI=1S/C19H22N2O5S2/c1-2-14-6-8-18(9-7-14)28(25,26)21-16-5-3-4-15(12-16)19(22)20-17-10-11-27(23,24)13-17/h3-9,12,17,21H,2,10-11,13H2,1H3,(H,20,22)/t17-/m1/s1. The van der Waals surface area contributed by atoms with E-state index in [9.17, 15) is 21.6 Å². The molecule has 3 rings (SSSR count). The predicted octanol–water partition coefficient (Wildman–Crippen LogP) is 1.97.